The van der Waals surface area contributed by atoms with Crippen molar-refractivity contribution in [1.29, 1.82) is 0 Å². The summed E-state index contributed by atoms with van der Waals surface area (Å²) < 4.78 is 6.80. The van der Waals surface area contributed by atoms with E-state index in [4.69, 9.17) is 4.98 Å². The van der Waals surface area contributed by atoms with Gasteiger partial charge in [0, 0.05) is 0 Å². The second kappa shape index (κ2) is 8.34. The Morgan fingerprint density at radius 2 is 1.00 bits per heavy atom. The first-order valence-electron chi connectivity index (χ1n) is 9.57. The minimum atomic E-state index is -3.38. The summed E-state index contributed by atoms with van der Waals surface area (Å²) in [6, 6.07) is 41.7. The molecule has 0 atom stereocenters. The summed E-state index contributed by atoms with van der Waals surface area (Å²) >= 11 is -1.57. The van der Waals surface area contributed by atoms with Crippen LogP contribution < -0.4 is 10.7 Å². The number of hydrogen-bond acceptors (Lipinski definition) is 3. The molecule has 0 N–H and O–H groups in total. The van der Waals surface area contributed by atoms with Crippen LogP contribution in [-0.4, -0.2) is 22.0 Å². The van der Waals surface area contributed by atoms with E-state index in [2.05, 4.69) is 115 Å². The molecule has 4 heteroatoms. The number of nitrogens with zero attached hydrogens (tertiary/aromatic N) is 1. The van der Waals surface area contributed by atoms with Crippen LogP contribution in [0.15, 0.2) is 120 Å². The van der Waals surface area contributed by atoms with Gasteiger partial charge in [-0.25, -0.2) is 0 Å². The van der Waals surface area contributed by atoms with Crippen LogP contribution in [-0.2, 0) is 0 Å². The van der Waals surface area contributed by atoms with E-state index in [1.165, 1.54) is 19.8 Å². The molecule has 0 unspecified atom stereocenters. The molecule has 4 aromatic carbocycles. The summed E-state index contributed by atoms with van der Waals surface area (Å²) in [6.07, 6.45) is 0. The van der Waals surface area contributed by atoms with Gasteiger partial charge in [0.25, 0.3) is 0 Å². The van der Waals surface area contributed by atoms with Gasteiger partial charge in [0.15, 0.2) is 0 Å². The van der Waals surface area contributed by atoms with Crippen molar-refractivity contribution in [1.82, 2.24) is 4.98 Å². The van der Waals surface area contributed by atoms with Gasteiger partial charge in [0.1, 0.15) is 0 Å². The first kappa shape index (κ1) is 18.9. The molecule has 0 bridgehead atoms. The van der Waals surface area contributed by atoms with Crippen molar-refractivity contribution >= 4 is 58.2 Å². The third-order valence-corrected chi connectivity index (χ3v) is 27.1. The standard InChI is InChI=1S/C7H5NS2.3C6H5.Sn/c9-7-8-5-3-1-2-4-6(5)10-7;3*1-2-4-6-5-3-1;/h1-4H,(H,8,9);3*1-5H;/q;;;;+1/p-1. The fraction of sp³-hybridized carbons (Fsp3) is 0. The zero-order valence-corrected chi connectivity index (χ0v) is 20.2. The SMILES string of the molecule is c1cc[c]([Sn]([S]c2nc3ccccc3s2)([c]2ccccc2)[c]2ccccc2)cc1. The van der Waals surface area contributed by atoms with Crippen LogP contribution in [0.1, 0.15) is 0 Å². The van der Waals surface area contributed by atoms with Crippen molar-refractivity contribution in [2.24, 2.45) is 0 Å². The van der Waals surface area contributed by atoms with Gasteiger partial charge in [0.2, 0.25) is 0 Å². The number of thiazole rings is 1. The van der Waals surface area contributed by atoms with Gasteiger partial charge in [-0.3, -0.25) is 0 Å². The Morgan fingerprint density at radius 3 is 1.48 bits per heavy atom. The number of aromatic nitrogens is 1. The first-order chi connectivity index (χ1) is 14.4. The molecule has 1 heterocycles. The molecule has 0 fully saturated rings. The molecule has 0 saturated carbocycles. The van der Waals surface area contributed by atoms with Crippen LogP contribution in [0.2, 0.25) is 0 Å². The van der Waals surface area contributed by atoms with Crippen LogP contribution in [0.4, 0.5) is 0 Å². The van der Waals surface area contributed by atoms with E-state index in [9.17, 15) is 0 Å². The van der Waals surface area contributed by atoms with E-state index in [1.807, 2.05) is 20.3 Å². The van der Waals surface area contributed by atoms with Gasteiger partial charge in [-0.2, -0.15) is 0 Å². The molecule has 140 valence electrons. The normalized spacial score (nSPS) is 11.6. The van der Waals surface area contributed by atoms with Crippen molar-refractivity contribution in [2.75, 3.05) is 0 Å². The number of para-hydroxylation sites is 1. The van der Waals surface area contributed by atoms with Gasteiger partial charge < -0.3 is 0 Å². The zero-order valence-electron chi connectivity index (χ0n) is 15.7. The summed E-state index contributed by atoms with van der Waals surface area (Å²) in [5, 5.41) is 0. The minimum absolute atomic E-state index is 1.09. The average Bonchev–Trinajstić information content (AvgIpc) is 3.22. The van der Waals surface area contributed by atoms with Gasteiger partial charge in [-0.1, -0.05) is 0 Å². The Kier molecular flexibility index (Phi) is 5.44. The fourth-order valence-electron chi connectivity index (χ4n) is 3.72. The fourth-order valence-corrected chi connectivity index (χ4v) is 26.1. The summed E-state index contributed by atoms with van der Waals surface area (Å²) in [7, 11) is 2.04. The number of benzene rings is 4. The van der Waals surface area contributed by atoms with Crippen molar-refractivity contribution in [2.45, 2.75) is 4.34 Å². The van der Waals surface area contributed by atoms with E-state index in [1.54, 1.807) is 0 Å². The van der Waals surface area contributed by atoms with Gasteiger partial charge in [-0.05, 0) is 0 Å². The Hall–Kier alpha value is -2.08. The Balaban J connectivity index is 1.77. The summed E-state index contributed by atoms with van der Waals surface area (Å²) in [6.45, 7) is 0. The topological polar surface area (TPSA) is 12.9 Å². The van der Waals surface area contributed by atoms with Crippen molar-refractivity contribution in [3.8, 4) is 0 Å². The Bertz CT molecular complexity index is 1090. The molecule has 29 heavy (non-hydrogen) atoms. The molecule has 5 rings (SSSR count). The molecular formula is C25H19NS2Sn. The first-order valence-corrected chi connectivity index (χ1v) is 19.0. The molecule has 5 aromatic rings. The number of rotatable bonds is 5. The third-order valence-electron chi connectivity index (χ3n) is 5.06. The van der Waals surface area contributed by atoms with E-state index >= 15 is 0 Å². The maximum absolute atomic E-state index is 5.01. The second-order valence-corrected chi connectivity index (χ2v) is 23.4. The van der Waals surface area contributed by atoms with Crippen LogP contribution >= 0.6 is 20.3 Å². The number of fused-ring (bicyclic) bond motifs is 1. The summed E-state index contributed by atoms with van der Waals surface area (Å²) in [4.78, 5) is 5.01. The molecule has 0 radical (unpaired) electrons. The predicted octanol–water partition coefficient (Wildman–Crippen LogP) is 5.06. The second-order valence-electron chi connectivity index (χ2n) is 6.83. The van der Waals surface area contributed by atoms with Crippen LogP contribution in [0.25, 0.3) is 10.2 Å². The molecule has 1 nitrogen and oxygen atoms in total. The molecule has 0 spiro atoms. The maximum atomic E-state index is 5.01. The Labute approximate surface area is 181 Å². The average molecular weight is 516 g/mol. The molecule has 0 aliphatic heterocycles. The van der Waals surface area contributed by atoms with E-state index < -0.39 is 17.0 Å². The third kappa shape index (κ3) is 3.63. The van der Waals surface area contributed by atoms with Crippen molar-refractivity contribution in [3.63, 3.8) is 0 Å². The monoisotopic (exact) mass is 517 g/mol. The van der Waals surface area contributed by atoms with E-state index in [0.717, 1.165) is 5.52 Å². The van der Waals surface area contributed by atoms with E-state index in [-0.39, 0.29) is 0 Å². The van der Waals surface area contributed by atoms with Crippen molar-refractivity contribution in [3.05, 3.63) is 115 Å². The van der Waals surface area contributed by atoms with Gasteiger partial charge >= 0.3 is 183 Å². The van der Waals surface area contributed by atoms with Crippen molar-refractivity contribution < 1.29 is 0 Å². The van der Waals surface area contributed by atoms with Crippen LogP contribution in [0.3, 0.4) is 0 Å². The predicted molar refractivity (Wildman–Crippen MR) is 129 cm³/mol. The quantitative estimate of drug-likeness (QED) is 0.303. The molecular weight excluding hydrogens is 497 g/mol. The van der Waals surface area contributed by atoms with Crippen LogP contribution in [0.5, 0.6) is 0 Å². The van der Waals surface area contributed by atoms with Gasteiger partial charge in [-0.15, -0.1) is 0 Å². The molecule has 0 saturated heterocycles. The number of hydrogen-bond donors (Lipinski definition) is 0. The molecule has 1 aromatic heterocycles. The molecule has 0 aliphatic carbocycles. The molecule has 0 aliphatic rings. The van der Waals surface area contributed by atoms with Crippen LogP contribution in [0, 0.1) is 0 Å². The molecule has 0 amide bonds. The summed E-state index contributed by atoms with van der Waals surface area (Å²) in [5.41, 5.74) is 1.09. The summed E-state index contributed by atoms with van der Waals surface area (Å²) in [5.74, 6) is 0. The Morgan fingerprint density at radius 1 is 0.552 bits per heavy atom. The van der Waals surface area contributed by atoms with Gasteiger partial charge in [0.05, 0.1) is 0 Å². The zero-order chi connectivity index (χ0) is 19.5. The van der Waals surface area contributed by atoms with E-state index in [0.29, 0.717) is 0 Å².